The van der Waals surface area contributed by atoms with Crippen molar-refractivity contribution in [3.63, 3.8) is 0 Å². The van der Waals surface area contributed by atoms with Gasteiger partial charge >= 0.3 is 0 Å². The summed E-state index contributed by atoms with van der Waals surface area (Å²) in [6, 6.07) is 9.63. The van der Waals surface area contributed by atoms with Gasteiger partial charge in [0.15, 0.2) is 5.78 Å². The van der Waals surface area contributed by atoms with Gasteiger partial charge in [-0.05, 0) is 37.4 Å². The minimum atomic E-state index is 0.191. The van der Waals surface area contributed by atoms with Crippen LogP contribution in [0.3, 0.4) is 0 Å². The molecule has 2 aromatic rings. The van der Waals surface area contributed by atoms with E-state index in [4.69, 9.17) is 5.73 Å². The van der Waals surface area contributed by atoms with Gasteiger partial charge in [0.2, 0.25) is 0 Å². The summed E-state index contributed by atoms with van der Waals surface area (Å²) in [5, 5.41) is 1.07. The molecule has 0 bridgehead atoms. The summed E-state index contributed by atoms with van der Waals surface area (Å²) < 4.78 is 0. The first-order chi connectivity index (χ1) is 9.20. The highest BCUT2D eigenvalue weighted by molar-refractivity contribution is 5.99. The summed E-state index contributed by atoms with van der Waals surface area (Å²) in [7, 11) is 0. The first kappa shape index (κ1) is 13.7. The van der Waals surface area contributed by atoms with Crippen molar-refractivity contribution in [3.05, 3.63) is 42.1 Å². The summed E-state index contributed by atoms with van der Waals surface area (Å²) in [5.74, 6) is 0.698. The highest BCUT2D eigenvalue weighted by Crippen LogP contribution is 2.17. The van der Waals surface area contributed by atoms with Crippen LogP contribution in [0.1, 0.15) is 36.5 Å². The van der Waals surface area contributed by atoms with Crippen molar-refractivity contribution in [1.29, 1.82) is 0 Å². The Hall–Kier alpha value is -1.74. The molecule has 0 saturated heterocycles. The van der Waals surface area contributed by atoms with E-state index in [0.717, 1.165) is 29.3 Å². The van der Waals surface area contributed by atoms with Crippen LogP contribution in [0.5, 0.6) is 0 Å². The van der Waals surface area contributed by atoms with Crippen LogP contribution in [-0.4, -0.2) is 17.3 Å². The molecule has 3 heteroatoms. The lowest BCUT2D eigenvalue weighted by Crippen LogP contribution is -2.08. The highest BCUT2D eigenvalue weighted by Gasteiger charge is 2.09. The SMILES string of the molecule is CC(CCN)CCC(=O)c1ccc2cccnc2c1. The fourth-order valence-electron chi connectivity index (χ4n) is 2.19. The fraction of sp³-hybridized carbons (Fsp3) is 0.375. The molecule has 0 spiro atoms. The molecule has 0 fully saturated rings. The Labute approximate surface area is 113 Å². The number of nitrogens with zero attached hydrogens (tertiary/aromatic N) is 1. The fourth-order valence-corrected chi connectivity index (χ4v) is 2.19. The van der Waals surface area contributed by atoms with Crippen molar-refractivity contribution in [2.24, 2.45) is 11.7 Å². The Morgan fingerprint density at radius 2 is 2.16 bits per heavy atom. The Morgan fingerprint density at radius 3 is 2.95 bits per heavy atom. The Morgan fingerprint density at radius 1 is 1.32 bits per heavy atom. The lowest BCUT2D eigenvalue weighted by molar-refractivity contribution is 0.0974. The van der Waals surface area contributed by atoms with Crippen LogP contribution in [0.15, 0.2) is 36.5 Å². The van der Waals surface area contributed by atoms with Crippen molar-refractivity contribution in [2.75, 3.05) is 6.54 Å². The number of Topliss-reactive ketones (excluding diaryl/α,β-unsaturated/α-hetero) is 1. The first-order valence-corrected chi connectivity index (χ1v) is 6.78. The predicted molar refractivity (Wildman–Crippen MR) is 78.1 cm³/mol. The van der Waals surface area contributed by atoms with E-state index in [9.17, 15) is 4.79 Å². The number of carbonyl (C=O) groups is 1. The largest absolute Gasteiger partial charge is 0.330 e. The van der Waals surface area contributed by atoms with Gasteiger partial charge in [-0.3, -0.25) is 9.78 Å². The molecular formula is C16H20N2O. The van der Waals surface area contributed by atoms with Gasteiger partial charge in [-0.2, -0.15) is 0 Å². The van der Waals surface area contributed by atoms with Gasteiger partial charge in [0, 0.05) is 23.6 Å². The van der Waals surface area contributed by atoms with E-state index >= 15 is 0 Å². The maximum absolute atomic E-state index is 12.1. The zero-order valence-electron chi connectivity index (χ0n) is 11.3. The van der Waals surface area contributed by atoms with Gasteiger partial charge < -0.3 is 5.73 Å². The van der Waals surface area contributed by atoms with Crippen molar-refractivity contribution in [3.8, 4) is 0 Å². The number of rotatable bonds is 6. The van der Waals surface area contributed by atoms with Crippen LogP contribution in [-0.2, 0) is 0 Å². The van der Waals surface area contributed by atoms with Crippen molar-refractivity contribution in [2.45, 2.75) is 26.2 Å². The summed E-state index contributed by atoms with van der Waals surface area (Å²) in [4.78, 5) is 16.4. The third kappa shape index (κ3) is 3.61. The zero-order chi connectivity index (χ0) is 13.7. The molecule has 1 aromatic carbocycles. The summed E-state index contributed by atoms with van der Waals surface area (Å²) >= 11 is 0. The zero-order valence-corrected chi connectivity index (χ0v) is 11.3. The van der Waals surface area contributed by atoms with Gasteiger partial charge in [-0.25, -0.2) is 0 Å². The third-order valence-corrected chi connectivity index (χ3v) is 3.45. The van der Waals surface area contributed by atoms with Crippen LogP contribution >= 0.6 is 0 Å². The molecule has 0 aliphatic rings. The van der Waals surface area contributed by atoms with Gasteiger partial charge in [0.05, 0.1) is 5.52 Å². The molecule has 0 amide bonds. The molecule has 0 aliphatic heterocycles. The molecule has 19 heavy (non-hydrogen) atoms. The number of aromatic nitrogens is 1. The maximum Gasteiger partial charge on any atom is 0.162 e. The van der Waals surface area contributed by atoms with Crippen LogP contribution in [0.4, 0.5) is 0 Å². The number of carbonyl (C=O) groups excluding carboxylic acids is 1. The molecule has 0 aliphatic carbocycles. The standard InChI is InChI=1S/C16H20N2O/c1-12(8-9-17)4-7-16(19)14-6-5-13-3-2-10-18-15(13)11-14/h2-3,5-6,10-12H,4,7-9,17H2,1H3. The maximum atomic E-state index is 12.1. The Balaban J connectivity index is 2.05. The van der Waals surface area contributed by atoms with Crippen molar-refractivity contribution < 1.29 is 4.79 Å². The van der Waals surface area contributed by atoms with E-state index < -0.39 is 0 Å². The predicted octanol–water partition coefficient (Wildman–Crippen LogP) is 3.18. The third-order valence-electron chi connectivity index (χ3n) is 3.45. The Kier molecular flexibility index (Phi) is 4.63. The van der Waals surface area contributed by atoms with Gasteiger partial charge in [-0.15, -0.1) is 0 Å². The van der Waals surface area contributed by atoms with Gasteiger partial charge in [0.1, 0.15) is 0 Å². The van der Waals surface area contributed by atoms with E-state index in [0.29, 0.717) is 18.9 Å². The number of fused-ring (bicyclic) bond motifs is 1. The smallest absolute Gasteiger partial charge is 0.162 e. The van der Waals surface area contributed by atoms with Crippen LogP contribution in [0.25, 0.3) is 10.9 Å². The number of pyridine rings is 1. The number of hydrogen-bond donors (Lipinski definition) is 1. The Bertz CT molecular complexity index is 565. The van der Waals surface area contributed by atoms with E-state index in [1.54, 1.807) is 6.20 Å². The molecule has 1 unspecified atom stereocenters. The highest BCUT2D eigenvalue weighted by atomic mass is 16.1. The minimum absolute atomic E-state index is 0.191. The molecule has 1 heterocycles. The monoisotopic (exact) mass is 256 g/mol. The van der Waals surface area contributed by atoms with Crippen LogP contribution < -0.4 is 5.73 Å². The number of hydrogen-bond acceptors (Lipinski definition) is 3. The number of nitrogens with two attached hydrogens (primary N) is 1. The minimum Gasteiger partial charge on any atom is -0.330 e. The molecule has 0 saturated carbocycles. The van der Waals surface area contributed by atoms with E-state index in [-0.39, 0.29) is 5.78 Å². The summed E-state index contributed by atoms with van der Waals surface area (Å²) in [6.07, 6.45) is 4.21. The normalized spacial score (nSPS) is 12.5. The number of ketones is 1. The van der Waals surface area contributed by atoms with Gasteiger partial charge in [0.25, 0.3) is 0 Å². The molecule has 1 atom stereocenters. The summed E-state index contributed by atoms with van der Waals surface area (Å²) in [6.45, 7) is 2.83. The van der Waals surface area contributed by atoms with Crippen LogP contribution in [0.2, 0.25) is 0 Å². The second-order valence-electron chi connectivity index (χ2n) is 5.06. The number of benzene rings is 1. The van der Waals surface area contributed by atoms with E-state index in [1.165, 1.54) is 0 Å². The second kappa shape index (κ2) is 6.43. The molecule has 2 rings (SSSR count). The topological polar surface area (TPSA) is 56.0 Å². The molecule has 1 aromatic heterocycles. The summed E-state index contributed by atoms with van der Waals surface area (Å²) in [5.41, 5.74) is 7.15. The molecule has 0 radical (unpaired) electrons. The quantitative estimate of drug-likeness (QED) is 0.807. The molecule has 100 valence electrons. The molecule has 3 nitrogen and oxygen atoms in total. The average molecular weight is 256 g/mol. The average Bonchev–Trinajstić information content (AvgIpc) is 2.44. The van der Waals surface area contributed by atoms with E-state index in [1.807, 2.05) is 30.3 Å². The molecular weight excluding hydrogens is 236 g/mol. The second-order valence-corrected chi connectivity index (χ2v) is 5.06. The molecule has 2 N–H and O–H groups in total. The lowest BCUT2D eigenvalue weighted by atomic mass is 9.97. The van der Waals surface area contributed by atoms with E-state index in [2.05, 4.69) is 11.9 Å². The lowest BCUT2D eigenvalue weighted by Gasteiger charge is -2.09. The first-order valence-electron chi connectivity index (χ1n) is 6.78. The van der Waals surface area contributed by atoms with Gasteiger partial charge in [-0.1, -0.05) is 25.1 Å². The van der Waals surface area contributed by atoms with Crippen LogP contribution in [0, 0.1) is 5.92 Å². The van der Waals surface area contributed by atoms with Crippen molar-refractivity contribution >= 4 is 16.7 Å². The van der Waals surface area contributed by atoms with Crippen molar-refractivity contribution in [1.82, 2.24) is 4.98 Å².